The topological polar surface area (TPSA) is 83.0 Å². The van der Waals surface area contributed by atoms with Gasteiger partial charge in [-0.15, -0.1) is 0 Å². The van der Waals surface area contributed by atoms with E-state index in [0.29, 0.717) is 5.69 Å². The first kappa shape index (κ1) is 20.7. The average Bonchev–Trinajstić information content (AvgIpc) is 3.08. The molecule has 0 aromatic heterocycles. The standard InChI is InChI=1S/C21H19F3N4O3/c1-31-13-8-15(23)18(16(24)9-13)14-10-28-17(29)6-7-25-20(28)19(14)27-21(30)26-12-4-2-11(22)3-5-12/h2-5,8-9,14,19H,6-7,10H2,1H3,(H2,26,27,30). The SMILES string of the molecule is COc1cc(F)c(C2CN3C(=O)CCN=C3C2NC(=O)Nc2ccc(F)cc2)c(F)c1. The molecule has 10 heteroatoms. The molecule has 2 aromatic carbocycles. The van der Waals surface area contributed by atoms with Crippen LogP contribution in [0.3, 0.4) is 0 Å². The number of fused-ring (bicyclic) bond motifs is 1. The molecule has 31 heavy (non-hydrogen) atoms. The summed E-state index contributed by atoms with van der Waals surface area (Å²) in [5, 5.41) is 5.20. The van der Waals surface area contributed by atoms with E-state index in [4.69, 9.17) is 4.74 Å². The van der Waals surface area contributed by atoms with Gasteiger partial charge in [-0.2, -0.15) is 0 Å². The van der Waals surface area contributed by atoms with Crippen LogP contribution in [0.1, 0.15) is 17.9 Å². The van der Waals surface area contributed by atoms with Gasteiger partial charge in [-0.1, -0.05) is 0 Å². The second-order valence-corrected chi connectivity index (χ2v) is 7.19. The fraction of sp³-hybridized carbons (Fsp3) is 0.286. The Hall–Kier alpha value is -3.56. The Morgan fingerprint density at radius 3 is 2.48 bits per heavy atom. The minimum absolute atomic E-state index is 0.0152. The third-order valence-corrected chi connectivity index (χ3v) is 5.28. The first-order valence-corrected chi connectivity index (χ1v) is 9.58. The molecule has 2 aromatic rings. The van der Waals surface area contributed by atoms with Gasteiger partial charge in [0, 0.05) is 48.8 Å². The molecule has 1 saturated heterocycles. The molecule has 2 heterocycles. The predicted molar refractivity (Wildman–Crippen MR) is 107 cm³/mol. The van der Waals surface area contributed by atoms with Crippen LogP contribution in [-0.2, 0) is 4.79 Å². The maximum absolute atomic E-state index is 14.8. The van der Waals surface area contributed by atoms with Gasteiger partial charge in [-0.05, 0) is 24.3 Å². The fourth-order valence-corrected chi connectivity index (χ4v) is 3.86. The van der Waals surface area contributed by atoms with Gasteiger partial charge in [0.2, 0.25) is 5.91 Å². The van der Waals surface area contributed by atoms with Crippen molar-refractivity contribution in [3.8, 4) is 5.75 Å². The van der Waals surface area contributed by atoms with Gasteiger partial charge < -0.3 is 15.4 Å². The molecule has 0 aliphatic carbocycles. The Balaban J connectivity index is 1.65. The lowest BCUT2D eigenvalue weighted by molar-refractivity contribution is -0.127. The number of ether oxygens (including phenoxy) is 1. The number of urea groups is 1. The van der Waals surface area contributed by atoms with Crippen LogP contribution in [0.25, 0.3) is 0 Å². The van der Waals surface area contributed by atoms with E-state index < -0.39 is 35.4 Å². The van der Waals surface area contributed by atoms with Gasteiger partial charge >= 0.3 is 6.03 Å². The molecule has 7 nitrogen and oxygen atoms in total. The van der Waals surface area contributed by atoms with Crippen LogP contribution >= 0.6 is 0 Å². The van der Waals surface area contributed by atoms with Crippen molar-refractivity contribution in [2.24, 2.45) is 4.99 Å². The number of nitrogens with one attached hydrogen (secondary N) is 2. The number of amidine groups is 1. The Morgan fingerprint density at radius 1 is 1.16 bits per heavy atom. The van der Waals surface area contributed by atoms with Crippen molar-refractivity contribution in [1.82, 2.24) is 10.2 Å². The Morgan fingerprint density at radius 2 is 1.84 bits per heavy atom. The molecular weight excluding hydrogens is 413 g/mol. The zero-order chi connectivity index (χ0) is 22.1. The van der Waals surface area contributed by atoms with Crippen molar-refractivity contribution in [2.45, 2.75) is 18.4 Å². The van der Waals surface area contributed by atoms with Crippen molar-refractivity contribution in [1.29, 1.82) is 0 Å². The third-order valence-electron chi connectivity index (χ3n) is 5.28. The average molecular weight is 432 g/mol. The number of amides is 3. The van der Waals surface area contributed by atoms with E-state index in [1.165, 1.54) is 36.3 Å². The molecule has 2 aliphatic heterocycles. The number of benzene rings is 2. The summed E-state index contributed by atoms with van der Waals surface area (Å²) in [6.07, 6.45) is 0.179. The van der Waals surface area contributed by atoms with Crippen LogP contribution in [0.5, 0.6) is 5.75 Å². The van der Waals surface area contributed by atoms with Crippen LogP contribution in [0.4, 0.5) is 23.7 Å². The van der Waals surface area contributed by atoms with E-state index in [1.807, 2.05) is 0 Å². The highest BCUT2D eigenvalue weighted by Gasteiger charge is 2.46. The molecule has 2 aliphatic rings. The molecule has 4 rings (SSSR count). The number of hydrogen-bond donors (Lipinski definition) is 2. The Kier molecular flexibility index (Phi) is 5.53. The van der Waals surface area contributed by atoms with E-state index in [1.54, 1.807) is 0 Å². The summed E-state index contributed by atoms with van der Waals surface area (Å²) in [7, 11) is 1.29. The molecule has 3 amide bonds. The molecular formula is C21H19F3N4O3. The molecule has 1 fully saturated rings. The number of carbonyl (C=O) groups excluding carboxylic acids is 2. The maximum Gasteiger partial charge on any atom is 0.319 e. The van der Waals surface area contributed by atoms with Crippen molar-refractivity contribution >= 4 is 23.5 Å². The van der Waals surface area contributed by atoms with Crippen molar-refractivity contribution in [3.05, 3.63) is 59.4 Å². The summed E-state index contributed by atoms with van der Waals surface area (Å²) in [4.78, 5) is 30.6. The summed E-state index contributed by atoms with van der Waals surface area (Å²) in [5.41, 5.74) is 0.0616. The van der Waals surface area contributed by atoms with Crippen molar-refractivity contribution in [3.63, 3.8) is 0 Å². The lowest BCUT2D eigenvalue weighted by Gasteiger charge is -2.24. The molecule has 0 spiro atoms. The first-order valence-electron chi connectivity index (χ1n) is 9.58. The molecule has 0 bridgehead atoms. The Bertz CT molecular complexity index is 1040. The molecule has 0 saturated carbocycles. The highest BCUT2D eigenvalue weighted by Crippen LogP contribution is 2.36. The third kappa shape index (κ3) is 4.05. The number of rotatable bonds is 4. The zero-order valence-corrected chi connectivity index (χ0v) is 16.5. The summed E-state index contributed by atoms with van der Waals surface area (Å²) < 4.78 is 47.6. The number of methoxy groups -OCH3 is 1. The van der Waals surface area contributed by atoms with Crippen LogP contribution in [0.15, 0.2) is 41.4 Å². The second-order valence-electron chi connectivity index (χ2n) is 7.19. The van der Waals surface area contributed by atoms with Crippen molar-refractivity contribution < 1.29 is 27.5 Å². The first-order chi connectivity index (χ1) is 14.9. The van der Waals surface area contributed by atoms with Crippen LogP contribution in [0, 0.1) is 17.5 Å². The van der Waals surface area contributed by atoms with Gasteiger partial charge in [0.25, 0.3) is 0 Å². The number of nitrogens with zero attached hydrogens (tertiary/aromatic N) is 2. The normalized spacial score (nSPS) is 20.2. The number of aliphatic imine (C=N–C) groups is 1. The van der Waals surface area contributed by atoms with E-state index in [0.717, 1.165) is 12.1 Å². The van der Waals surface area contributed by atoms with Crippen LogP contribution in [-0.4, -0.2) is 48.9 Å². The number of halogens is 3. The lowest BCUT2D eigenvalue weighted by Crippen LogP contribution is -2.47. The fourth-order valence-electron chi connectivity index (χ4n) is 3.86. The summed E-state index contributed by atoms with van der Waals surface area (Å²) in [6.45, 7) is 0.196. The minimum Gasteiger partial charge on any atom is -0.497 e. The summed E-state index contributed by atoms with van der Waals surface area (Å²) in [5.74, 6) is -3.01. The summed E-state index contributed by atoms with van der Waals surface area (Å²) in [6, 6.07) is 5.59. The molecule has 162 valence electrons. The van der Waals surface area contributed by atoms with Gasteiger partial charge in [0.1, 0.15) is 29.0 Å². The molecule has 2 N–H and O–H groups in total. The largest absolute Gasteiger partial charge is 0.497 e. The highest BCUT2D eigenvalue weighted by molar-refractivity contribution is 6.07. The number of hydrogen-bond acceptors (Lipinski definition) is 4. The maximum atomic E-state index is 14.8. The van der Waals surface area contributed by atoms with Crippen LogP contribution in [0.2, 0.25) is 0 Å². The molecule has 2 atom stereocenters. The Labute approximate surface area is 175 Å². The smallest absolute Gasteiger partial charge is 0.319 e. The number of anilines is 1. The van der Waals surface area contributed by atoms with E-state index >= 15 is 0 Å². The highest BCUT2D eigenvalue weighted by atomic mass is 19.1. The predicted octanol–water partition coefficient (Wildman–Crippen LogP) is 3.03. The van der Waals surface area contributed by atoms with E-state index in [2.05, 4.69) is 15.6 Å². The van der Waals surface area contributed by atoms with Crippen LogP contribution < -0.4 is 15.4 Å². The van der Waals surface area contributed by atoms with Crippen molar-refractivity contribution in [2.75, 3.05) is 25.5 Å². The number of carbonyl (C=O) groups is 2. The monoisotopic (exact) mass is 432 g/mol. The molecule has 0 radical (unpaired) electrons. The minimum atomic E-state index is -0.943. The summed E-state index contributed by atoms with van der Waals surface area (Å²) >= 11 is 0. The van der Waals surface area contributed by atoms with E-state index in [9.17, 15) is 22.8 Å². The van der Waals surface area contributed by atoms with Gasteiger partial charge in [0.05, 0.1) is 13.2 Å². The van der Waals surface area contributed by atoms with Gasteiger partial charge in [0.15, 0.2) is 0 Å². The zero-order valence-electron chi connectivity index (χ0n) is 16.5. The second kappa shape index (κ2) is 8.29. The van der Waals surface area contributed by atoms with Gasteiger partial charge in [-0.25, -0.2) is 18.0 Å². The lowest BCUT2D eigenvalue weighted by atomic mass is 9.92. The molecule has 2 unspecified atom stereocenters. The van der Waals surface area contributed by atoms with E-state index in [-0.39, 0.29) is 42.6 Å². The quantitative estimate of drug-likeness (QED) is 0.779. The van der Waals surface area contributed by atoms with Gasteiger partial charge in [-0.3, -0.25) is 14.7 Å².